The summed E-state index contributed by atoms with van der Waals surface area (Å²) in [5.41, 5.74) is 0.971. The van der Waals surface area contributed by atoms with Gasteiger partial charge in [-0.2, -0.15) is 0 Å². The first kappa shape index (κ1) is 14.3. The second kappa shape index (κ2) is 6.00. The van der Waals surface area contributed by atoms with Gasteiger partial charge < -0.3 is 20.3 Å². The molecule has 3 rings (SSSR count). The fourth-order valence-corrected chi connectivity index (χ4v) is 2.60. The predicted molar refractivity (Wildman–Crippen MR) is 82.9 cm³/mol. The molecule has 0 spiro atoms. The Morgan fingerprint density at radius 2 is 2.09 bits per heavy atom. The molecule has 22 heavy (non-hydrogen) atoms. The first-order valence-electron chi connectivity index (χ1n) is 7.24. The van der Waals surface area contributed by atoms with Crippen LogP contribution in [0, 0.1) is 10.1 Å². The Labute approximate surface area is 127 Å². The molecule has 0 radical (unpaired) electrons. The summed E-state index contributed by atoms with van der Waals surface area (Å²) in [5, 5.41) is 14.0. The molecule has 8 heteroatoms. The summed E-state index contributed by atoms with van der Waals surface area (Å²) in [5.74, 6) is 1.23. The third-order valence-corrected chi connectivity index (χ3v) is 3.79. The van der Waals surface area contributed by atoms with E-state index in [1.807, 2.05) is 18.3 Å². The Kier molecular flexibility index (Phi) is 3.90. The van der Waals surface area contributed by atoms with Crippen molar-refractivity contribution < 1.29 is 4.92 Å². The molecule has 2 aromatic heterocycles. The lowest BCUT2D eigenvalue weighted by Crippen LogP contribution is -2.18. The van der Waals surface area contributed by atoms with Crippen molar-refractivity contribution in [2.45, 2.75) is 19.4 Å². The normalized spacial score (nSPS) is 14.3. The van der Waals surface area contributed by atoms with Gasteiger partial charge in [-0.3, -0.25) is 4.57 Å². The van der Waals surface area contributed by atoms with Crippen LogP contribution in [0.5, 0.6) is 0 Å². The molecular formula is C14H18N6O2. The number of nitrogens with zero attached hydrogens (tertiary/aromatic N) is 5. The van der Waals surface area contributed by atoms with Gasteiger partial charge in [0.1, 0.15) is 5.82 Å². The van der Waals surface area contributed by atoms with E-state index in [9.17, 15) is 10.1 Å². The molecule has 0 unspecified atom stereocenters. The quantitative estimate of drug-likeness (QED) is 0.670. The largest absolute Gasteiger partial charge is 0.406 e. The van der Waals surface area contributed by atoms with Crippen molar-refractivity contribution in [3.05, 3.63) is 40.3 Å². The van der Waals surface area contributed by atoms with E-state index in [4.69, 9.17) is 0 Å². The van der Waals surface area contributed by atoms with Crippen molar-refractivity contribution in [3.8, 4) is 0 Å². The lowest BCUT2D eigenvalue weighted by molar-refractivity contribution is -0.388. The number of anilines is 2. The average Bonchev–Trinajstić information content (AvgIpc) is 3.15. The van der Waals surface area contributed by atoms with E-state index in [1.54, 1.807) is 11.6 Å². The highest BCUT2D eigenvalue weighted by atomic mass is 16.6. The summed E-state index contributed by atoms with van der Waals surface area (Å²) in [7, 11) is 1.72. The first-order chi connectivity index (χ1) is 10.6. The standard InChI is InChI=1S/C14H18N6O2/c1-18-10-17-14(20(21)22)13(18)16-9-11-4-5-12(15-8-11)19-6-2-3-7-19/h4-5,8,10,16H,2-3,6-7,9H2,1H3. The van der Waals surface area contributed by atoms with E-state index in [0.29, 0.717) is 12.4 Å². The van der Waals surface area contributed by atoms with E-state index in [-0.39, 0.29) is 5.82 Å². The molecule has 0 aliphatic carbocycles. The van der Waals surface area contributed by atoms with Crippen molar-refractivity contribution in [1.82, 2.24) is 14.5 Å². The number of rotatable bonds is 5. The van der Waals surface area contributed by atoms with Crippen LogP contribution in [0.25, 0.3) is 0 Å². The van der Waals surface area contributed by atoms with Crippen molar-refractivity contribution >= 4 is 17.5 Å². The molecule has 3 heterocycles. The van der Waals surface area contributed by atoms with Crippen molar-refractivity contribution in [3.63, 3.8) is 0 Å². The van der Waals surface area contributed by atoms with E-state index in [0.717, 1.165) is 24.5 Å². The van der Waals surface area contributed by atoms with Gasteiger partial charge in [-0.05, 0) is 34.4 Å². The van der Waals surface area contributed by atoms with Crippen LogP contribution in [0.1, 0.15) is 18.4 Å². The number of hydrogen-bond donors (Lipinski definition) is 1. The second-order valence-corrected chi connectivity index (χ2v) is 5.36. The second-order valence-electron chi connectivity index (χ2n) is 5.36. The Balaban J connectivity index is 1.66. The van der Waals surface area contributed by atoms with E-state index < -0.39 is 4.92 Å². The minimum absolute atomic E-state index is 0.163. The zero-order valence-electron chi connectivity index (χ0n) is 12.4. The first-order valence-corrected chi connectivity index (χ1v) is 7.24. The molecule has 2 aromatic rings. The van der Waals surface area contributed by atoms with Crippen LogP contribution in [-0.4, -0.2) is 32.5 Å². The molecular weight excluding hydrogens is 284 g/mol. The van der Waals surface area contributed by atoms with E-state index in [1.165, 1.54) is 19.2 Å². The average molecular weight is 302 g/mol. The Morgan fingerprint density at radius 1 is 1.32 bits per heavy atom. The van der Waals surface area contributed by atoms with Gasteiger partial charge in [0.15, 0.2) is 0 Å². The maximum atomic E-state index is 10.9. The summed E-state index contributed by atoms with van der Waals surface area (Å²) < 4.78 is 1.60. The zero-order chi connectivity index (χ0) is 15.5. The fourth-order valence-electron chi connectivity index (χ4n) is 2.60. The summed E-state index contributed by atoms with van der Waals surface area (Å²) in [4.78, 5) is 20.9. The van der Waals surface area contributed by atoms with Gasteiger partial charge >= 0.3 is 5.82 Å². The third kappa shape index (κ3) is 2.85. The maximum Gasteiger partial charge on any atom is 0.406 e. The predicted octanol–water partition coefficient (Wildman–Crippen LogP) is 1.94. The molecule has 0 bridgehead atoms. The number of nitrogens with one attached hydrogen (secondary N) is 1. The smallest absolute Gasteiger partial charge is 0.360 e. The molecule has 1 N–H and O–H groups in total. The highest BCUT2D eigenvalue weighted by molar-refractivity contribution is 5.52. The van der Waals surface area contributed by atoms with Crippen LogP contribution < -0.4 is 10.2 Å². The van der Waals surface area contributed by atoms with Crippen LogP contribution in [0.3, 0.4) is 0 Å². The SMILES string of the molecule is Cn1cnc([N+](=O)[O-])c1NCc1ccc(N2CCCC2)nc1. The summed E-state index contributed by atoms with van der Waals surface area (Å²) >= 11 is 0. The van der Waals surface area contributed by atoms with Gasteiger partial charge in [-0.15, -0.1) is 0 Å². The molecule has 0 saturated carbocycles. The molecule has 1 aliphatic rings. The molecule has 0 atom stereocenters. The molecule has 116 valence electrons. The monoisotopic (exact) mass is 302 g/mol. The fraction of sp³-hybridized carbons (Fsp3) is 0.429. The number of aryl methyl sites for hydroxylation is 1. The summed E-state index contributed by atoms with van der Waals surface area (Å²) in [6.07, 6.45) is 5.67. The van der Waals surface area contributed by atoms with Crippen LogP contribution in [0.2, 0.25) is 0 Å². The Morgan fingerprint density at radius 3 is 2.73 bits per heavy atom. The lowest BCUT2D eigenvalue weighted by atomic mass is 10.2. The third-order valence-electron chi connectivity index (χ3n) is 3.79. The maximum absolute atomic E-state index is 10.9. The molecule has 1 aliphatic heterocycles. The highest BCUT2D eigenvalue weighted by Crippen LogP contribution is 2.22. The van der Waals surface area contributed by atoms with Gasteiger partial charge in [0.2, 0.25) is 12.1 Å². The zero-order valence-corrected chi connectivity index (χ0v) is 12.4. The molecule has 8 nitrogen and oxygen atoms in total. The van der Waals surface area contributed by atoms with Crippen LogP contribution in [0.4, 0.5) is 17.5 Å². The van der Waals surface area contributed by atoms with Crippen LogP contribution in [0.15, 0.2) is 24.7 Å². The van der Waals surface area contributed by atoms with Gasteiger partial charge in [0, 0.05) is 32.9 Å². The number of nitro groups is 1. The number of pyridine rings is 1. The van der Waals surface area contributed by atoms with Crippen LogP contribution >= 0.6 is 0 Å². The number of aromatic nitrogens is 3. The Bertz CT molecular complexity index is 660. The minimum atomic E-state index is -0.489. The van der Waals surface area contributed by atoms with Crippen molar-refractivity contribution in [1.29, 1.82) is 0 Å². The topological polar surface area (TPSA) is 89.1 Å². The highest BCUT2D eigenvalue weighted by Gasteiger charge is 2.19. The van der Waals surface area contributed by atoms with Crippen molar-refractivity contribution in [2.75, 3.05) is 23.3 Å². The molecule has 1 fully saturated rings. The molecule has 0 amide bonds. The van der Waals surface area contributed by atoms with Crippen LogP contribution in [-0.2, 0) is 13.6 Å². The molecule has 1 saturated heterocycles. The van der Waals surface area contributed by atoms with Gasteiger partial charge in [0.05, 0.1) is 0 Å². The minimum Gasteiger partial charge on any atom is -0.360 e. The summed E-state index contributed by atoms with van der Waals surface area (Å²) in [6.45, 7) is 2.59. The number of imidazole rings is 1. The number of hydrogen-bond acceptors (Lipinski definition) is 6. The summed E-state index contributed by atoms with van der Waals surface area (Å²) in [6, 6.07) is 4.00. The van der Waals surface area contributed by atoms with Crippen molar-refractivity contribution in [2.24, 2.45) is 7.05 Å². The Hall–Kier alpha value is -2.64. The lowest BCUT2D eigenvalue weighted by Gasteiger charge is -2.16. The van der Waals surface area contributed by atoms with E-state index in [2.05, 4.69) is 20.2 Å². The molecule has 0 aromatic carbocycles. The van der Waals surface area contributed by atoms with Gasteiger partial charge in [-0.1, -0.05) is 6.07 Å². The van der Waals surface area contributed by atoms with E-state index >= 15 is 0 Å². The van der Waals surface area contributed by atoms with Gasteiger partial charge in [0.25, 0.3) is 0 Å². The van der Waals surface area contributed by atoms with Gasteiger partial charge in [-0.25, -0.2) is 4.98 Å².